The number of anilines is 3. The second-order valence-corrected chi connectivity index (χ2v) is 9.61. The van der Waals surface area contributed by atoms with Crippen molar-refractivity contribution in [2.24, 2.45) is 0 Å². The molecule has 0 radical (unpaired) electrons. The Balaban J connectivity index is 1.41. The van der Waals surface area contributed by atoms with Crippen molar-refractivity contribution >= 4 is 40.9 Å². The van der Waals surface area contributed by atoms with E-state index >= 15 is 0 Å². The van der Waals surface area contributed by atoms with Crippen molar-refractivity contribution in [1.82, 2.24) is 14.8 Å². The molecule has 176 valence electrons. The zero-order chi connectivity index (χ0) is 23.5. The minimum atomic E-state index is -0.243. The molecule has 2 amide bonds. The van der Waals surface area contributed by atoms with Gasteiger partial charge in [0.2, 0.25) is 17.8 Å². The summed E-state index contributed by atoms with van der Waals surface area (Å²) < 4.78 is 2.05. The average molecular weight is 477 g/mol. The normalized spacial score (nSPS) is 18.3. The minimum absolute atomic E-state index is 0.0661. The van der Waals surface area contributed by atoms with E-state index in [0.29, 0.717) is 10.8 Å². The van der Waals surface area contributed by atoms with Gasteiger partial charge in [-0.2, -0.15) is 0 Å². The number of nitrogens with one attached hydrogen (secondary N) is 1. The van der Waals surface area contributed by atoms with Gasteiger partial charge in [-0.1, -0.05) is 42.1 Å². The molecule has 0 aliphatic carbocycles. The molecule has 1 saturated heterocycles. The molecule has 1 N–H and O–H groups in total. The van der Waals surface area contributed by atoms with E-state index in [9.17, 15) is 9.59 Å². The quantitative estimate of drug-likeness (QED) is 0.558. The van der Waals surface area contributed by atoms with Crippen molar-refractivity contribution in [2.45, 2.75) is 43.8 Å². The lowest BCUT2D eigenvalue weighted by molar-refractivity contribution is -0.117. The summed E-state index contributed by atoms with van der Waals surface area (Å²) in [4.78, 5) is 29.7. The standard InChI is InChI=1S/C25H28N6O2S/c1-18-16-22(32)26-20-12-6-7-13-21(20)30(18)23(33)17-34-25-28-27-24(29-14-8-3-9-15-29)31(25)19-10-4-2-5-11-19/h2,4-7,10-13,18H,3,8-9,14-17H2,1H3,(H,26,32)/t18-/m0/s1. The number of thioether (sulfide) groups is 1. The number of para-hydroxylation sites is 3. The average Bonchev–Trinajstić information content (AvgIpc) is 3.23. The second-order valence-electron chi connectivity index (χ2n) is 8.67. The predicted molar refractivity (Wildman–Crippen MR) is 135 cm³/mol. The Bertz CT molecular complexity index is 1180. The first-order chi connectivity index (χ1) is 16.6. The van der Waals surface area contributed by atoms with E-state index in [4.69, 9.17) is 0 Å². The van der Waals surface area contributed by atoms with Crippen molar-refractivity contribution < 1.29 is 9.59 Å². The van der Waals surface area contributed by atoms with Gasteiger partial charge in [0.25, 0.3) is 0 Å². The van der Waals surface area contributed by atoms with Crippen molar-refractivity contribution in [3.8, 4) is 5.69 Å². The van der Waals surface area contributed by atoms with Gasteiger partial charge >= 0.3 is 0 Å². The first-order valence-corrected chi connectivity index (χ1v) is 12.7. The Morgan fingerprint density at radius 2 is 1.76 bits per heavy atom. The van der Waals surface area contributed by atoms with Crippen LogP contribution in [0.1, 0.15) is 32.6 Å². The molecule has 0 saturated carbocycles. The maximum atomic E-state index is 13.5. The van der Waals surface area contributed by atoms with Crippen molar-refractivity contribution in [1.29, 1.82) is 0 Å². The summed E-state index contributed by atoms with van der Waals surface area (Å²) in [5.74, 6) is 0.864. The van der Waals surface area contributed by atoms with Crippen LogP contribution >= 0.6 is 11.8 Å². The van der Waals surface area contributed by atoms with Gasteiger partial charge in [0.05, 0.1) is 22.8 Å². The number of piperidine rings is 1. The highest BCUT2D eigenvalue weighted by Crippen LogP contribution is 2.33. The van der Waals surface area contributed by atoms with E-state index in [2.05, 4.69) is 20.4 Å². The lowest BCUT2D eigenvalue weighted by atomic mass is 10.1. The third kappa shape index (κ3) is 4.52. The summed E-state index contributed by atoms with van der Waals surface area (Å²) in [6.45, 7) is 3.82. The molecule has 2 aliphatic heterocycles. The number of hydrogen-bond acceptors (Lipinski definition) is 6. The Labute approximate surface area is 203 Å². The lowest BCUT2D eigenvalue weighted by Gasteiger charge is -2.28. The van der Waals surface area contributed by atoms with Crippen LogP contribution in [0, 0.1) is 0 Å². The molecule has 1 atom stereocenters. The summed E-state index contributed by atoms with van der Waals surface area (Å²) >= 11 is 1.38. The number of hydrogen-bond donors (Lipinski definition) is 1. The van der Waals surface area contributed by atoms with Gasteiger partial charge in [-0.15, -0.1) is 10.2 Å². The largest absolute Gasteiger partial charge is 0.341 e. The molecule has 0 bridgehead atoms. The summed E-state index contributed by atoms with van der Waals surface area (Å²) in [5, 5.41) is 12.6. The van der Waals surface area contributed by atoms with E-state index in [1.165, 1.54) is 18.2 Å². The number of aromatic nitrogens is 3. The van der Waals surface area contributed by atoms with Crippen LogP contribution in [0.25, 0.3) is 5.69 Å². The number of rotatable bonds is 5. The molecule has 0 unspecified atom stereocenters. The van der Waals surface area contributed by atoms with Crippen molar-refractivity contribution in [3.63, 3.8) is 0 Å². The first kappa shape index (κ1) is 22.5. The molecule has 3 aromatic rings. The maximum Gasteiger partial charge on any atom is 0.237 e. The zero-order valence-corrected chi connectivity index (χ0v) is 20.0. The van der Waals surface area contributed by atoms with E-state index in [0.717, 1.165) is 43.3 Å². The van der Waals surface area contributed by atoms with Crippen LogP contribution in [-0.2, 0) is 9.59 Å². The Morgan fingerprint density at radius 1 is 1.03 bits per heavy atom. The molecule has 2 aliphatic rings. The molecule has 34 heavy (non-hydrogen) atoms. The monoisotopic (exact) mass is 476 g/mol. The SMILES string of the molecule is C[C@H]1CC(=O)Nc2ccccc2N1C(=O)CSc1nnc(N2CCCCC2)n1-c1ccccc1. The van der Waals surface area contributed by atoms with Crippen LogP contribution in [0.15, 0.2) is 59.8 Å². The predicted octanol–water partition coefficient (Wildman–Crippen LogP) is 4.11. The summed E-state index contributed by atoms with van der Waals surface area (Å²) in [7, 11) is 0. The number of amides is 2. The minimum Gasteiger partial charge on any atom is -0.341 e. The Morgan fingerprint density at radius 3 is 2.56 bits per heavy atom. The number of carbonyl (C=O) groups is 2. The molecule has 1 fully saturated rings. The number of nitrogens with zero attached hydrogens (tertiary/aromatic N) is 5. The highest BCUT2D eigenvalue weighted by molar-refractivity contribution is 7.99. The van der Waals surface area contributed by atoms with Crippen LogP contribution < -0.4 is 15.1 Å². The molecule has 1 aromatic heterocycles. The van der Waals surface area contributed by atoms with Gasteiger partial charge in [-0.05, 0) is 50.5 Å². The fourth-order valence-corrected chi connectivity index (χ4v) is 5.43. The highest BCUT2D eigenvalue weighted by Gasteiger charge is 2.30. The number of benzene rings is 2. The van der Waals surface area contributed by atoms with E-state index < -0.39 is 0 Å². The highest BCUT2D eigenvalue weighted by atomic mass is 32.2. The molecular formula is C25H28N6O2S. The molecule has 2 aromatic carbocycles. The third-order valence-electron chi connectivity index (χ3n) is 6.22. The van der Waals surface area contributed by atoms with Gasteiger partial charge < -0.3 is 15.1 Å². The second kappa shape index (κ2) is 9.89. The first-order valence-electron chi connectivity index (χ1n) is 11.7. The molecule has 8 nitrogen and oxygen atoms in total. The summed E-state index contributed by atoms with van der Waals surface area (Å²) in [5.41, 5.74) is 2.37. The van der Waals surface area contributed by atoms with Crippen LogP contribution in [0.3, 0.4) is 0 Å². The van der Waals surface area contributed by atoms with Crippen LogP contribution in [-0.4, -0.2) is 51.5 Å². The number of fused-ring (bicyclic) bond motifs is 1. The topological polar surface area (TPSA) is 83.4 Å². The van der Waals surface area contributed by atoms with E-state index in [1.807, 2.05) is 66.1 Å². The third-order valence-corrected chi connectivity index (χ3v) is 7.14. The van der Waals surface area contributed by atoms with Crippen LogP contribution in [0.5, 0.6) is 0 Å². The zero-order valence-electron chi connectivity index (χ0n) is 19.2. The van der Waals surface area contributed by atoms with E-state index in [1.54, 1.807) is 4.90 Å². The summed E-state index contributed by atoms with van der Waals surface area (Å²) in [6.07, 6.45) is 3.77. The summed E-state index contributed by atoms with van der Waals surface area (Å²) in [6, 6.07) is 17.2. The smallest absolute Gasteiger partial charge is 0.237 e. The molecule has 9 heteroatoms. The maximum absolute atomic E-state index is 13.5. The Hall–Kier alpha value is -3.33. The van der Waals surface area contributed by atoms with Gasteiger partial charge in [0, 0.05) is 25.6 Å². The molecule has 5 rings (SSSR count). The molecule has 3 heterocycles. The van der Waals surface area contributed by atoms with Crippen molar-refractivity contribution in [3.05, 3.63) is 54.6 Å². The molecular weight excluding hydrogens is 448 g/mol. The van der Waals surface area contributed by atoms with Crippen LogP contribution in [0.4, 0.5) is 17.3 Å². The fraction of sp³-hybridized carbons (Fsp3) is 0.360. The van der Waals surface area contributed by atoms with Crippen LogP contribution in [0.2, 0.25) is 0 Å². The van der Waals surface area contributed by atoms with Gasteiger partial charge in [-0.3, -0.25) is 14.2 Å². The lowest BCUT2D eigenvalue weighted by Crippen LogP contribution is -2.40. The molecule has 0 spiro atoms. The van der Waals surface area contributed by atoms with Gasteiger partial charge in [0.1, 0.15) is 0 Å². The van der Waals surface area contributed by atoms with Gasteiger partial charge in [-0.25, -0.2) is 0 Å². The number of carbonyl (C=O) groups excluding carboxylic acids is 2. The van der Waals surface area contributed by atoms with E-state index in [-0.39, 0.29) is 30.0 Å². The fourth-order valence-electron chi connectivity index (χ4n) is 4.62. The Kier molecular flexibility index (Phi) is 6.53. The van der Waals surface area contributed by atoms with Crippen molar-refractivity contribution in [2.75, 3.05) is 34.0 Å². The van der Waals surface area contributed by atoms with Gasteiger partial charge in [0.15, 0.2) is 5.16 Å².